The van der Waals surface area contributed by atoms with Crippen LogP contribution in [0, 0.1) is 0 Å². The van der Waals surface area contributed by atoms with Crippen molar-refractivity contribution < 1.29 is 0 Å². The second-order valence-corrected chi connectivity index (χ2v) is 8.42. The number of halogens is 1. The van der Waals surface area contributed by atoms with E-state index in [1.54, 1.807) is 0 Å². The predicted octanol–water partition coefficient (Wildman–Crippen LogP) is 7.70. The summed E-state index contributed by atoms with van der Waals surface area (Å²) in [5.41, 5.74) is 1.25. The van der Waals surface area contributed by atoms with Crippen molar-refractivity contribution in [3.8, 4) is 0 Å². The number of hydrogen-bond acceptors (Lipinski definition) is 2. The Hall–Kier alpha value is -0.960. The maximum absolute atomic E-state index is 3.65. The predicted molar refractivity (Wildman–Crippen MR) is 118 cm³/mol. The molecule has 0 unspecified atom stereocenters. The Labute approximate surface area is 169 Å². The third-order valence-electron chi connectivity index (χ3n) is 5.25. The zero-order valence-electron chi connectivity index (χ0n) is 16.6. The van der Waals surface area contributed by atoms with Gasteiger partial charge in [0.05, 0.1) is 12.4 Å². The van der Waals surface area contributed by atoms with E-state index in [2.05, 4.69) is 69.3 Å². The number of rotatable bonds is 14. The summed E-state index contributed by atoms with van der Waals surface area (Å²) < 4.78 is 1.16. The zero-order chi connectivity index (χ0) is 18.5. The second kappa shape index (κ2) is 13.2. The molecule has 0 saturated heterocycles. The van der Waals surface area contributed by atoms with E-state index in [9.17, 15) is 0 Å². The second-order valence-electron chi connectivity index (χ2n) is 7.56. The lowest BCUT2D eigenvalue weighted by Crippen LogP contribution is -2.25. The van der Waals surface area contributed by atoms with Crippen molar-refractivity contribution in [1.29, 1.82) is 0 Å². The summed E-state index contributed by atoms with van der Waals surface area (Å²) >= 11 is 3.65. The van der Waals surface area contributed by atoms with E-state index in [0.717, 1.165) is 11.1 Å². The van der Waals surface area contributed by atoms with Crippen LogP contribution in [0.4, 0.5) is 5.69 Å². The van der Waals surface area contributed by atoms with Crippen molar-refractivity contribution in [3.63, 3.8) is 0 Å². The topological polar surface area (TPSA) is 6.48 Å². The normalized spacial score (nSPS) is 13.8. The van der Waals surface area contributed by atoms with Gasteiger partial charge in [0, 0.05) is 23.4 Å². The van der Waals surface area contributed by atoms with Crippen LogP contribution >= 0.6 is 15.9 Å². The highest BCUT2D eigenvalue weighted by molar-refractivity contribution is 9.10. The van der Waals surface area contributed by atoms with Crippen molar-refractivity contribution >= 4 is 21.6 Å². The average molecular weight is 421 g/mol. The van der Waals surface area contributed by atoms with Crippen LogP contribution in [0.15, 0.2) is 41.1 Å². The fourth-order valence-corrected chi connectivity index (χ4v) is 4.12. The van der Waals surface area contributed by atoms with Gasteiger partial charge in [-0.1, -0.05) is 89.7 Å². The Morgan fingerprint density at radius 1 is 0.769 bits per heavy atom. The molecule has 1 aromatic rings. The van der Waals surface area contributed by atoms with Gasteiger partial charge in [0.15, 0.2) is 0 Å². The number of para-hydroxylation sites is 1. The molecular weight excluding hydrogens is 384 g/mol. The average Bonchev–Trinajstić information content (AvgIpc) is 3.11. The Bertz CT molecular complexity index is 515. The molecule has 2 nitrogen and oxygen atoms in total. The minimum Gasteiger partial charge on any atom is -0.358 e. The van der Waals surface area contributed by atoms with E-state index in [0.29, 0.717) is 0 Å². The molecule has 3 heteroatoms. The summed E-state index contributed by atoms with van der Waals surface area (Å²) in [6, 6.07) is 8.44. The van der Waals surface area contributed by atoms with Crippen LogP contribution in [0.2, 0.25) is 0 Å². The molecule has 1 aliphatic rings. The van der Waals surface area contributed by atoms with Crippen LogP contribution in [0.25, 0.3) is 0 Å². The first kappa shape index (κ1) is 21.3. The number of hydrogen-bond donors (Lipinski definition) is 0. The molecule has 0 N–H and O–H groups in total. The SMILES string of the molecule is CCCCCCCCCCCCCCN1C=CN(c2ccccc2Br)C1. The van der Waals surface area contributed by atoms with Crippen LogP contribution in [0.3, 0.4) is 0 Å². The highest BCUT2D eigenvalue weighted by Gasteiger charge is 2.15. The number of anilines is 1. The van der Waals surface area contributed by atoms with Gasteiger partial charge in [0.25, 0.3) is 0 Å². The summed E-state index contributed by atoms with van der Waals surface area (Å²) in [6.07, 6.45) is 21.4. The van der Waals surface area contributed by atoms with Gasteiger partial charge in [-0.3, -0.25) is 0 Å². The van der Waals surface area contributed by atoms with Gasteiger partial charge < -0.3 is 9.80 Å². The van der Waals surface area contributed by atoms with E-state index in [4.69, 9.17) is 0 Å². The fraction of sp³-hybridized carbons (Fsp3) is 0.652. The molecule has 0 atom stereocenters. The van der Waals surface area contributed by atoms with Crippen LogP contribution < -0.4 is 4.90 Å². The van der Waals surface area contributed by atoms with Crippen LogP contribution in [0.1, 0.15) is 84.0 Å². The molecule has 1 heterocycles. The first-order valence-corrected chi connectivity index (χ1v) is 11.5. The maximum atomic E-state index is 3.65. The van der Waals surface area contributed by atoms with Gasteiger partial charge in [0.1, 0.15) is 0 Å². The molecule has 2 rings (SSSR count). The largest absolute Gasteiger partial charge is 0.358 e. The maximum Gasteiger partial charge on any atom is 0.0942 e. The molecule has 146 valence electrons. The van der Waals surface area contributed by atoms with E-state index in [-0.39, 0.29) is 0 Å². The fourth-order valence-electron chi connectivity index (χ4n) is 3.61. The van der Waals surface area contributed by atoms with Gasteiger partial charge in [0.2, 0.25) is 0 Å². The van der Waals surface area contributed by atoms with Crippen molar-refractivity contribution in [2.75, 3.05) is 18.1 Å². The quantitative estimate of drug-likeness (QED) is 0.284. The van der Waals surface area contributed by atoms with E-state index >= 15 is 0 Å². The molecule has 0 aliphatic carbocycles. The van der Waals surface area contributed by atoms with Crippen LogP contribution in [0.5, 0.6) is 0 Å². The molecule has 1 aliphatic heterocycles. The van der Waals surface area contributed by atoms with Crippen molar-refractivity contribution in [1.82, 2.24) is 4.90 Å². The summed E-state index contributed by atoms with van der Waals surface area (Å²) in [5.74, 6) is 0. The zero-order valence-corrected chi connectivity index (χ0v) is 18.2. The van der Waals surface area contributed by atoms with Gasteiger partial charge in [-0.15, -0.1) is 0 Å². The Morgan fingerprint density at radius 2 is 1.35 bits per heavy atom. The standard InChI is InChI=1S/C23H37BrN2/c1-2-3-4-5-6-7-8-9-10-11-12-15-18-25-19-20-26(21-25)23-17-14-13-16-22(23)24/h13-14,16-17,19-20H,2-12,15,18,21H2,1H3. The number of benzene rings is 1. The minimum absolute atomic E-state index is 0.973. The molecule has 0 amide bonds. The highest BCUT2D eigenvalue weighted by atomic mass is 79.9. The Balaban J connectivity index is 1.43. The molecule has 1 aromatic carbocycles. The molecule has 26 heavy (non-hydrogen) atoms. The third-order valence-corrected chi connectivity index (χ3v) is 5.92. The number of unbranched alkanes of at least 4 members (excludes halogenated alkanes) is 11. The highest BCUT2D eigenvalue weighted by Crippen LogP contribution is 2.28. The summed E-state index contributed by atoms with van der Waals surface area (Å²) in [5, 5.41) is 0. The monoisotopic (exact) mass is 420 g/mol. The molecule has 0 aromatic heterocycles. The molecule has 0 fully saturated rings. The van der Waals surface area contributed by atoms with Gasteiger partial charge in [-0.05, 0) is 34.5 Å². The first-order valence-electron chi connectivity index (χ1n) is 10.7. The third kappa shape index (κ3) is 8.16. The molecule has 0 bridgehead atoms. The summed E-state index contributed by atoms with van der Waals surface area (Å²) in [7, 11) is 0. The van der Waals surface area contributed by atoms with Gasteiger partial charge in [-0.25, -0.2) is 0 Å². The van der Waals surface area contributed by atoms with Crippen LogP contribution in [-0.4, -0.2) is 18.1 Å². The van der Waals surface area contributed by atoms with Crippen molar-refractivity contribution in [3.05, 3.63) is 41.1 Å². The first-order chi connectivity index (χ1) is 12.8. The van der Waals surface area contributed by atoms with E-state index < -0.39 is 0 Å². The smallest absolute Gasteiger partial charge is 0.0942 e. The van der Waals surface area contributed by atoms with E-state index in [1.807, 2.05) is 0 Å². The number of nitrogens with zero attached hydrogens (tertiary/aromatic N) is 2. The lowest BCUT2D eigenvalue weighted by atomic mass is 10.1. The summed E-state index contributed by atoms with van der Waals surface area (Å²) in [4.78, 5) is 4.74. The lowest BCUT2D eigenvalue weighted by molar-refractivity contribution is 0.387. The summed E-state index contributed by atoms with van der Waals surface area (Å²) in [6.45, 7) is 4.44. The lowest BCUT2D eigenvalue weighted by Gasteiger charge is -2.22. The van der Waals surface area contributed by atoms with Crippen molar-refractivity contribution in [2.24, 2.45) is 0 Å². The molecular formula is C23H37BrN2. The van der Waals surface area contributed by atoms with Crippen LogP contribution in [-0.2, 0) is 0 Å². The Kier molecular flexibility index (Phi) is 10.9. The van der Waals surface area contributed by atoms with E-state index in [1.165, 1.54) is 89.3 Å². The van der Waals surface area contributed by atoms with Gasteiger partial charge in [-0.2, -0.15) is 0 Å². The van der Waals surface area contributed by atoms with Crippen molar-refractivity contribution in [2.45, 2.75) is 84.0 Å². The van der Waals surface area contributed by atoms with Gasteiger partial charge >= 0.3 is 0 Å². The molecule has 0 spiro atoms. The molecule has 0 radical (unpaired) electrons. The molecule has 0 saturated carbocycles. The Morgan fingerprint density at radius 3 is 1.96 bits per heavy atom. The minimum atomic E-state index is 0.973.